The number of fused-ring (bicyclic) bond motifs is 1. The minimum Gasteiger partial charge on any atom is -0.497 e. The molecule has 224 valence electrons. The topological polar surface area (TPSA) is 113 Å². The molecule has 0 bridgehead atoms. The van der Waals surface area contributed by atoms with Gasteiger partial charge in [-0.1, -0.05) is 37.0 Å². The molecule has 9 nitrogen and oxygen atoms in total. The van der Waals surface area contributed by atoms with Crippen LogP contribution in [-0.4, -0.2) is 76.6 Å². The summed E-state index contributed by atoms with van der Waals surface area (Å²) in [7, 11) is -5.46. The third-order valence-electron chi connectivity index (χ3n) is 7.05. The number of sulfonamides is 2. The van der Waals surface area contributed by atoms with Crippen molar-refractivity contribution in [2.75, 3.05) is 33.9 Å². The van der Waals surface area contributed by atoms with Crippen molar-refractivity contribution in [2.24, 2.45) is 5.92 Å². The molecule has 0 aliphatic carbocycles. The normalized spacial score (nSPS) is 19.4. The van der Waals surface area contributed by atoms with Gasteiger partial charge in [0.15, 0.2) is 0 Å². The highest BCUT2D eigenvalue weighted by atomic mass is 32.2. The molecule has 0 amide bonds. The number of rotatable bonds is 7. The van der Waals surface area contributed by atoms with Gasteiger partial charge >= 0.3 is 0 Å². The van der Waals surface area contributed by atoms with Crippen LogP contribution in [0, 0.1) is 23.6 Å². The molecular weight excluding hydrogens is 583 g/mol. The second-order valence-electron chi connectivity index (χ2n) is 10.1. The van der Waals surface area contributed by atoms with Crippen LogP contribution >= 0.6 is 0 Å². The van der Waals surface area contributed by atoms with Gasteiger partial charge < -0.3 is 14.6 Å². The fraction of sp³-hybridized carbons (Fsp3) is 0.333. The van der Waals surface area contributed by atoms with Crippen LogP contribution in [0.3, 0.4) is 0 Å². The zero-order chi connectivity index (χ0) is 30.7. The minimum absolute atomic E-state index is 0.00387. The highest BCUT2D eigenvalue weighted by molar-refractivity contribution is 7.89. The van der Waals surface area contributed by atoms with E-state index < -0.39 is 55.4 Å². The van der Waals surface area contributed by atoms with Gasteiger partial charge in [-0.3, -0.25) is 0 Å². The van der Waals surface area contributed by atoms with E-state index in [1.807, 2.05) is 6.07 Å². The lowest BCUT2D eigenvalue weighted by atomic mass is 10.0. The molecule has 1 aliphatic rings. The molecule has 0 saturated carbocycles. The second kappa shape index (κ2) is 12.8. The van der Waals surface area contributed by atoms with Gasteiger partial charge in [-0.25, -0.2) is 21.2 Å². The summed E-state index contributed by atoms with van der Waals surface area (Å²) in [6.45, 7) is 2.67. The summed E-state index contributed by atoms with van der Waals surface area (Å²) in [4.78, 5) is -0.606. The summed E-state index contributed by atoms with van der Waals surface area (Å²) >= 11 is 0. The number of aliphatic hydroxyl groups excluding tert-OH is 1. The molecule has 3 atom stereocenters. The molecule has 12 heteroatoms. The highest BCUT2D eigenvalue weighted by Gasteiger charge is 2.39. The number of halogens is 1. The van der Waals surface area contributed by atoms with Gasteiger partial charge in [-0.2, -0.15) is 8.61 Å². The smallest absolute Gasteiger partial charge is 0.247 e. The number of aliphatic hydroxyl groups is 1. The van der Waals surface area contributed by atoms with Crippen molar-refractivity contribution >= 4 is 20.0 Å². The number of hydrogen-bond donors (Lipinski definition) is 1. The van der Waals surface area contributed by atoms with Crippen LogP contribution < -0.4 is 9.47 Å². The van der Waals surface area contributed by atoms with E-state index in [0.717, 1.165) is 10.4 Å². The van der Waals surface area contributed by atoms with E-state index in [2.05, 4.69) is 11.8 Å². The SMILES string of the molecule is COc1cccc(C#Cc2ccc3c(c2)O[C@@H](CN(C)S(=O)(=O)c2ccccc2F)[C@@H](C)CN([C@H](C)CO)S3(=O)=O)c1. The van der Waals surface area contributed by atoms with Crippen LogP contribution in [-0.2, 0) is 20.0 Å². The van der Waals surface area contributed by atoms with E-state index in [0.29, 0.717) is 16.9 Å². The zero-order valence-electron chi connectivity index (χ0n) is 23.7. The maximum absolute atomic E-state index is 14.4. The first-order chi connectivity index (χ1) is 19.9. The van der Waals surface area contributed by atoms with Crippen molar-refractivity contribution in [3.05, 3.63) is 83.7 Å². The number of nitrogens with zero attached hydrogens (tertiary/aromatic N) is 2. The van der Waals surface area contributed by atoms with Crippen LogP contribution in [0.2, 0.25) is 0 Å². The first-order valence-corrected chi connectivity index (χ1v) is 16.1. The van der Waals surface area contributed by atoms with Gasteiger partial charge in [0.2, 0.25) is 20.0 Å². The average Bonchev–Trinajstić information content (AvgIpc) is 2.97. The fourth-order valence-electron chi connectivity index (χ4n) is 4.54. The van der Waals surface area contributed by atoms with Crippen LogP contribution in [0.15, 0.2) is 76.5 Å². The first kappa shape index (κ1) is 31.5. The van der Waals surface area contributed by atoms with E-state index in [9.17, 15) is 26.3 Å². The largest absolute Gasteiger partial charge is 0.497 e. The van der Waals surface area contributed by atoms with Crippen molar-refractivity contribution in [3.8, 4) is 23.3 Å². The Bertz CT molecular complexity index is 1720. The Labute approximate surface area is 246 Å². The second-order valence-corrected chi connectivity index (χ2v) is 14.0. The Kier molecular flexibility index (Phi) is 9.60. The molecule has 3 aromatic carbocycles. The fourth-order valence-corrected chi connectivity index (χ4v) is 7.61. The Morgan fingerprint density at radius 1 is 1.12 bits per heavy atom. The molecule has 0 radical (unpaired) electrons. The van der Waals surface area contributed by atoms with E-state index in [1.54, 1.807) is 45.2 Å². The highest BCUT2D eigenvalue weighted by Crippen LogP contribution is 2.34. The van der Waals surface area contributed by atoms with E-state index >= 15 is 0 Å². The molecule has 0 saturated heterocycles. The van der Waals surface area contributed by atoms with Crippen molar-refractivity contribution in [1.82, 2.24) is 8.61 Å². The maximum Gasteiger partial charge on any atom is 0.247 e. The van der Waals surface area contributed by atoms with Crippen LogP contribution in [0.1, 0.15) is 25.0 Å². The number of benzene rings is 3. The van der Waals surface area contributed by atoms with Crippen LogP contribution in [0.4, 0.5) is 4.39 Å². The number of methoxy groups -OCH3 is 1. The van der Waals surface area contributed by atoms with Crippen LogP contribution in [0.25, 0.3) is 0 Å². The van der Waals surface area contributed by atoms with Gasteiger partial charge in [0.25, 0.3) is 0 Å². The monoisotopic (exact) mass is 616 g/mol. The molecule has 3 aromatic rings. The van der Waals surface area contributed by atoms with Crippen molar-refractivity contribution in [1.29, 1.82) is 0 Å². The van der Waals surface area contributed by atoms with Gasteiger partial charge in [0.1, 0.15) is 33.2 Å². The molecular formula is C30H33FN2O7S2. The number of likely N-dealkylation sites (N-methyl/N-ethyl adjacent to an activating group) is 1. The van der Waals surface area contributed by atoms with Gasteiger partial charge in [-0.15, -0.1) is 0 Å². The zero-order valence-corrected chi connectivity index (χ0v) is 25.3. The molecule has 0 spiro atoms. The van der Waals surface area contributed by atoms with Gasteiger partial charge in [0, 0.05) is 36.7 Å². The molecule has 0 fully saturated rings. The first-order valence-electron chi connectivity index (χ1n) is 13.2. The standard InChI is InChI=1S/C30H33FN2O7S2/c1-21-18-33(22(2)20-34)42(37,38)30-15-14-24(13-12-23-8-7-9-25(16-23)39-4)17-27(30)40-28(21)19-32(3)41(35,36)29-11-6-5-10-26(29)31/h5-11,14-17,21-22,28,34H,18-20H2,1-4H3/t21-,22+,28-/m0/s1. The maximum atomic E-state index is 14.4. The predicted octanol–water partition coefficient (Wildman–Crippen LogP) is 3.32. The molecule has 1 N–H and O–H groups in total. The summed E-state index contributed by atoms with van der Waals surface area (Å²) < 4.78 is 82.0. The van der Waals surface area contributed by atoms with Gasteiger partial charge in [0.05, 0.1) is 20.3 Å². The number of ether oxygens (including phenoxy) is 2. The van der Waals surface area contributed by atoms with Gasteiger partial charge in [-0.05, 0) is 55.5 Å². The molecule has 1 aliphatic heterocycles. The lowest BCUT2D eigenvalue weighted by Gasteiger charge is -2.37. The molecule has 1 heterocycles. The summed E-state index contributed by atoms with van der Waals surface area (Å²) in [5.41, 5.74) is 1.15. The number of hydrogen-bond acceptors (Lipinski definition) is 7. The Hall–Kier alpha value is -3.47. The van der Waals surface area contributed by atoms with Crippen molar-refractivity contribution in [3.63, 3.8) is 0 Å². The minimum atomic E-state index is -4.23. The van der Waals surface area contributed by atoms with E-state index in [1.165, 1.54) is 41.7 Å². The quantitative estimate of drug-likeness (QED) is 0.405. The summed E-state index contributed by atoms with van der Waals surface area (Å²) in [5, 5.41) is 9.86. The predicted molar refractivity (Wildman–Crippen MR) is 156 cm³/mol. The van der Waals surface area contributed by atoms with E-state index in [-0.39, 0.29) is 23.7 Å². The van der Waals surface area contributed by atoms with E-state index in [4.69, 9.17) is 9.47 Å². The summed E-state index contributed by atoms with van der Waals surface area (Å²) in [5.74, 6) is 5.26. The molecule has 0 unspecified atom stereocenters. The Morgan fingerprint density at radius 3 is 2.48 bits per heavy atom. The molecule has 4 rings (SSSR count). The average molecular weight is 617 g/mol. The lowest BCUT2D eigenvalue weighted by molar-refractivity contribution is 0.0904. The molecule has 42 heavy (non-hydrogen) atoms. The molecule has 0 aromatic heterocycles. The Balaban J connectivity index is 1.75. The lowest BCUT2D eigenvalue weighted by Crippen LogP contribution is -2.50. The summed E-state index contributed by atoms with van der Waals surface area (Å²) in [6, 6.07) is 15.9. The van der Waals surface area contributed by atoms with Crippen molar-refractivity contribution < 1.29 is 35.8 Å². The summed E-state index contributed by atoms with van der Waals surface area (Å²) in [6.07, 6.45) is -0.833. The van der Waals surface area contributed by atoms with Crippen molar-refractivity contribution in [2.45, 2.75) is 35.8 Å². The van der Waals surface area contributed by atoms with Crippen LogP contribution in [0.5, 0.6) is 11.5 Å². The Morgan fingerprint density at radius 2 is 1.81 bits per heavy atom. The third kappa shape index (κ3) is 6.61. The third-order valence-corrected chi connectivity index (χ3v) is 10.9.